The maximum Gasteiger partial charge on any atom is 0.254 e. The van der Waals surface area contributed by atoms with Gasteiger partial charge in [-0.15, -0.1) is 0 Å². The Morgan fingerprint density at radius 3 is 2.35 bits per heavy atom. The van der Waals surface area contributed by atoms with Gasteiger partial charge in [0, 0.05) is 12.7 Å². The molecule has 0 atom stereocenters. The molecule has 0 spiro atoms. The molecule has 0 unspecified atom stereocenters. The van der Waals surface area contributed by atoms with Crippen LogP contribution in [0, 0.1) is 12.3 Å². The number of nitrogens with one attached hydrogen (secondary N) is 1. The molecule has 1 heterocycles. The topological polar surface area (TPSA) is 55.0 Å². The van der Waals surface area contributed by atoms with Gasteiger partial charge >= 0.3 is 0 Å². The first kappa shape index (κ1) is 15.2. The molecule has 112 valence electrons. The third kappa shape index (κ3) is 2.66. The number of methoxy groups -OCH3 is 1. The summed E-state index contributed by atoms with van der Waals surface area (Å²) in [5.41, 5.74) is 1.49. The van der Waals surface area contributed by atoms with Crippen molar-refractivity contribution in [1.82, 2.24) is 9.97 Å². The third-order valence-electron chi connectivity index (χ3n) is 4.82. The number of H-pyrrole nitrogens is 1. The van der Waals surface area contributed by atoms with E-state index in [0.717, 1.165) is 43.4 Å². The summed E-state index contributed by atoms with van der Waals surface area (Å²) in [5, 5.41) is 0. The van der Waals surface area contributed by atoms with E-state index < -0.39 is 5.60 Å². The lowest BCUT2D eigenvalue weighted by molar-refractivity contribution is -0.0732. The van der Waals surface area contributed by atoms with Gasteiger partial charge in [-0.2, -0.15) is 0 Å². The van der Waals surface area contributed by atoms with Crippen molar-refractivity contribution in [2.24, 2.45) is 5.41 Å². The van der Waals surface area contributed by atoms with E-state index in [2.05, 4.69) is 23.8 Å². The Kier molecular flexibility index (Phi) is 4.05. The SMILES string of the molecule is CCc1nc(C2(OC)CCC(C)(C)CC2)[nH]c(=O)c1C. The van der Waals surface area contributed by atoms with Crippen molar-refractivity contribution in [2.75, 3.05) is 7.11 Å². The second-order valence-corrected chi connectivity index (χ2v) is 6.70. The molecule has 0 aromatic carbocycles. The average Bonchev–Trinajstić information content (AvgIpc) is 2.42. The fourth-order valence-electron chi connectivity index (χ4n) is 3.01. The number of aromatic amines is 1. The average molecular weight is 278 g/mol. The van der Waals surface area contributed by atoms with Crippen LogP contribution in [0.4, 0.5) is 0 Å². The summed E-state index contributed by atoms with van der Waals surface area (Å²) in [6.45, 7) is 8.44. The lowest BCUT2D eigenvalue weighted by atomic mass is 9.70. The molecule has 4 nitrogen and oxygen atoms in total. The van der Waals surface area contributed by atoms with E-state index >= 15 is 0 Å². The quantitative estimate of drug-likeness (QED) is 0.924. The lowest BCUT2D eigenvalue weighted by Crippen LogP contribution is -2.39. The normalized spacial score (nSPS) is 20.9. The molecule has 0 amide bonds. The van der Waals surface area contributed by atoms with E-state index in [0.29, 0.717) is 11.2 Å². The highest BCUT2D eigenvalue weighted by Crippen LogP contribution is 2.45. The van der Waals surface area contributed by atoms with Crippen LogP contribution in [0.15, 0.2) is 4.79 Å². The van der Waals surface area contributed by atoms with E-state index in [4.69, 9.17) is 4.74 Å². The molecule has 0 bridgehead atoms. The van der Waals surface area contributed by atoms with Crippen molar-refractivity contribution in [3.63, 3.8) is 0 Å². The lowest BCUT2D eigenvalue weighted by Gasteiger charge is -2.41. The van der Waals surface area contributed by atoms with E-state index in [1.165, 1.54) is 0 Å². The molecule has 4 heteroatoms. The van der Waals surface area contributed by atoms with Crippen LogP contribution < -0.4 is 5.56 Å². The van der Waals surface area contributed by atoms with Gasteiger partial charge < -0.3 is 9.72 Å². The fourth-order valence-corrected chi connectivity index (χ4v) is 3.01. The van der Waals surface area contributed by atoms with Gasteiger partial charge in [-0.25, -0.2) is 4.98 Å². The monoisotopic (exact) mass is 278 g/mol. The summed E-state index contributed by atoms with van der Waals surface area (Å²) < 4.78 is 5.82. The van der Waals surface area contributed by atoms with Crippen LogP contribution in [-0.4, -0.2) is 17.1 Å². The van der Waals surface area contributed by atoms with Crippen molar-refractivity contribution in [3.8, 4) is 0 Å². The van der Waals surface area contributed by atoms with Crippen LogP contribution in [0.3, 0.4) is 0 Å². The molecule has 1 N–H and O–H groups in total. The number of ether oxygens (including phenoxy) is 1. The zero-order valence-corrected chi connectivity index (χ0v) is 13.3. The van der Waals surface area contributed by atoms with Crippen LogP contribution in [-0.2, 0) is 16.8 Å². The minimum absolute atomic E-state index is 0.0342. The standard InChI is InChI=1S/C16H26N2O2/c1-6-12-11(2)13(19)18-14(17-12)16(20-5)9-7-15(3,4)8-10-16/h6-10H2,1-5H3,(H,17,18,19). The minimum atomic E-state index is -0.424. The highest BCUT2D eigenvalue weighted by molar-refractivity contribution is 5.19. The van der Waals surface area contributed by atoms with Crippen molar-refractivity contribution >= 4 is 0 Å². The maximum atomic E-state index is 12.1. The molecule has 0 saturated heterocycles. The number of nitrogens with zero attached hydrogens (tertiary/aromatic N) is 1. The molecule has 1 fully saturated rings. The molecule has 1 aliphatic rings. The van der Waals surface area contributed by atoms with E-state index in [-0.39, 0.29) is 5.56 Å². The summed E-state index contributed by atoms with van der Waals surface area (Å²) >= 11 is 0. The Morgan fingerprint density at radius 2 is 1.85 bits per heavy atom. The van der Waals surface area contributed by atoms with Crippen LogP contribution in [0.2, 0.25) is 0 Å². The van der Waals surface area contributed by atoms with Gasteiger partial charge in [-0.05, 0) is 44.4 Å². The van der Waals surface area contributed by atoms with E-state index in [1.807, 2.05) is 13.8 Å². The predicted octanol–water partition coefficient (Wildman–Crippen LogP) is 3.08. The zero-order chi connectivity index (χ0) is 15.0. The highest BCUT2D eigenvalue weighted by Gasteiger charge is 2.42. The Bertz CT molecular complexity index is 536. The summed E-state index contributed by atoms with van der Waals surface area (Å²) in [7, 11) is 1.73. The fraction of sp³-hybridized carbons (Fsp3) is 0.750. The summed E-state index contributed by atoms with van der Waals surface area (Å²) in [4.78, 5) is 19.7. The molecular formula is C16H26N2O2. The van der Waals surface area contributed by atoms with Crippen LogP contribution >= 0.6 is 0 Å². The molecule has 1 aromatic heterocycles. The Balaban J connectivity index is 2.43. The minimum Gasteiger partial charge on any atom is -0.370 e. The molecular weight excluding hydrogens is 252 g/mol. The zero-order valence-electron chi connectivity index (χ0n) is 13.3. The number of hydrogen-bond donors (Lipinski definition) is 1. The van der Waals surface area contributed by atoms with Gasteiger partial charge in [-0.1, -0.05) is 20.8 Å². The van der Waals surface area contributed by atoms with Gasteiger partial charge in [-0.3, -0.25) is 4.79 Å². The van der Waals surface area contributed by atoms with Crippen molar-refractivity contribution < 1.29 is 4.74 Å². The largest absolute Gasteiger partial charge is 0.370 e. The molecule has 2 rings (SSSR count). The predicted molar refractivity (Wildman–Crippen MR) is 79.9 cm³/mol. The third-order valence-corrected chi connectivity index (χ3v) is 4.82. The molecule has 0 radical (unpaired) electrons. The van der Waals surface area contributed by atoms with Gasteiger partial charge in [0.1, 0.15) is 11.4 Å². The Labute approximate surface area is 121 Å². The Hall–Kier alpha value is -1.16. The highest BCUT2D eigenvalue weighted by atomic mass is 16.5. The number of aromatic nitrogens is 2. The summed E-state index contributed by atoms with van der Waals surface area (Å²) in [6, 6.07) is 0. The van der Waals surface area contributed by atoms with E-state index in [1.54, 1.807) is 7.11 Å². The van der Waals surface area contributed by atoms with Crippen LogP contribution in [0.5, 0.6) is 0 Å². The number of aryl methyl sites for hydroxylation is 1. The molecule has 1 saturated carbocycles. The molecule has 0 aliphatic heterocycles. The van der Waals surface area contributed by atoms with E-state index in [9.17, 15) is 4.79 Å². The second kappa shape index (κ2) is 5.32. The first-order valence-electron chi connectivity index (χ1n) is 7.49. The summed E-state index contributed by atoms with van der Waals surface area (Å²) in [5.74, 6) is 0.711. The molecule has 20 heavy (non-hydrogen) atoms. The van der Waals surface area contributed by atoms with Gasteiger partial charge in [0.05, 0.1) is 5.69 Å². The van der Waals surface area contributed by atoms with Gasteiger partial charge in [0.2, 0.25) is 0 Å². The first-order chi connectivity index (χ1) is 9.33. The second-order valence-electron chi connectivity index (χ2n) is 6.70. The van der Waals surface area contributed by atoms with Crippen molar-refractivity contribution in [2.45, 2.75) is 65.4 Å². The van der Waals surface area contributed by atoms with Gasteiger partial charge in [0.15, 0.2) is 0 Å². The number of hydrogen-bond acceptors (Lipinski definition) is 3. The van der Waals surface area contributed by atoms with Crippen molar-refractivity contribution in [3.05, 3.63) is 27.4 Å². The molecule has 1 aliphatic carbocycles. The van der Waals surface area contributed by atoms with Crippen LogP contribution in [0.25, 0.3) is 0 Å². The Morgan fingerprint density at radius 1 is 1.25 bits per heavy atom. The van der Waals surface area contributed by atoms with Gasteiger partial charge in [0.25, 0.3) is 5.56 Å². The van der Waals surface area contributed by atoms with Crippen LogP contribution in [0.1, 0.15) is 63.5 Å². The molecule has 1 aromatic rings. The van der Waals surface area contributed by atoms with Crippen molar-refractivity contribution in [1.29, 1.82) is 0 Å². The maximum absolute atomic E-state index is 12.1. The summed E-state index contributed by atoms with van der Waals surface area (Å²) in [6.07, 6.45) is 4.76. The first-order valence-corrected chi connectivity index (χ1v) is 7.49. The number of rotatable bonds is 3. The smallest absolute Gasteiger partial charge is 0.254 e.